The number of carbonyl (C=O) groups excluding carboxylic acids is 1. The van der Waals surface area contributed by atoms with Crippen molar-refractivity contribution in [2.24, 2.45) is 0 Å². The quantitative estimate of drug-likeness (QED) is 0.796. The molecule has 0 spiro atoms. The fourth-order valence-corrected chi connectivity index (χ4v) is 2.49. The van der Waals surface area contributed by atoms with Gasteiger partial charge in [-0.3, -0.25) is 4.79 Å². The van der Waals surface area contributed by atoms with Crippen LogP contribution in [0.1, 0.15) is 11.3 Å². The summed E-state index contributed by atoms with van der Waals surface area (Å²) in [5.41, 5.74) is 1.93. The van der Waals surface area contributed by atoms with Gasteiger partial charge in [0.2, 0.25) is 0 Å². The molecule has 1 heterocycles. The molecule has 1 N–H and O–H groups in total. The highest BCUT2D eigenvalue weighted by Gasteiger charge is 2.06. The highest BCUT2D eigenvalue weighted by molar-refractivity contribution is 5.91. The minimum absolute atomic E-state index is 0.0486. The molecule has 0 unspecified atom stereocenters. The number of aryl methyl sites for hydroxylation is 2. The molecular formula is C19H18N2O2. The molecule has 0 saturated heterocycles. The second kappa shape index (κ2) is 6.48. The van der Waals surface area contributed by atoms with Crippen LogP contribution in [0.4, 0.5) is 5.82 Å². The predicted octanol–water partition coefficient (Wildman–Crippen LogP) is 3.87. The zero-order chi connectivity index (χ0) is 16.2. The number of hydrogen-bond donors (Lipinski definition) is 1. The SMILES string of the molecule is Cc1cc(C)nc(NC(=O)COc2ccc3ccccc3c2)c1. The Kier molecular flexibility index (Phi) is 4.24. The number of benzene rings is 2. The number of anilines is 1. The van der Waals surface area contributed by atoms with Crippen molar-refractivity contribution in [1.82, 2.24) is 4.98 Å². The Morgan fingerprint density at radius 1 is 1.04 bits per heavy atom. The standard InChI is InChI=1S/C19H18N2O2/c1-13-9-14(2)20-18(10-13)21-19(22)12-23-17-8-7-15-5-3-4-6-16(15)11-17/h3-11H,12H2,1-2H3,(H,20,21,22). The Morgan fingerprint density at radius 3 is 2.61 bits per heavy atom. The van der Waals surface area contributed by atoms with Crippen LogP contribution in [-0.4, -0.2) is 17.5 Å². The molecule has 23 heavy (non-hydrogen) atoms. The van der Waals surface area contributed by atoms with Crippen molar-refractivity contribution in [2.75, 3.05) is 11.9 Å². The molecule has 4 heteroatoms. The van der Waals surface area contributed by atoms with E-state index in [4.69, 9.17) is 4.74 Å². The van der Waals surface area contributed by atoms with Crippen LogP contribution in [-0.2, 0) is 4.79 Å². The molecule has 3 aromatic rings. The van der Waals surface area contributed by atoms with Gasteiger partial charge in [-0.2, -0.15) is 0 Å². The van der Waals surface area contributed by atoms with Gasteiger partial charge in [0.05, 0.1) is 0 Å². The van der Waals surface area contributed by atoms with Gasteiger partial charge < -0.3 is 10.1 Å². The number of nitrogens with zero attached hydrogens (tertiary/aromatic N) is 1. The van der Waals surface area contributed by atoms with E-state index >= 15 is 0 Å². The fourth-order valence-electron chi connectivity index (χ4n) is 2.49. The second-order valence-corrected chi connectivity index (χ2v) is 5.52. The number of fused-ring (bicyclic) bond motifs is 1. The van der Waals surface area contributed by atoms with Crippen molar-refractivity contribution < 1.29 is 9.53 Å². The lowest BCUT2D eigenvalue weighted by atomic mass is 10.1. The van der Waals surface area contributed by atoms with Crippen LogP contribution < -0.4 is 10.1 Å². The van der Waals surface area contributed by atoms with Crippen LogP contribution in [0.15, 0.2) is 54.6 Å². The van der Waals surface area contributed by atoms with Crippen LogP contribution in [0.25, 0.3) is 10.8 Å². The van der Waals surface area contributed by atoms with Crippen LogP contribution in [0.2, 0.25) is 0 Å². The Bertz CT molecular complexity index is 839. The normalized spacial score (nSPS) is 10.5. The molecule has 0 bridgehead atoms. The number of amides is 1. The first kappa shape index (κ1) is 15.0. The van der Waals surface area contributed by atoms with Gasteiger partial charge in [0.1, 0.15) is 11.6 Å². The van der Waals surface area contributed by atoms with Gasteiger partial charge in [-0.05, 0) is 54.4 Å². The maximum Gasteiger partial charge on any atom is 0.263 e. The van der Waals surface area contributed by atoms with Gasteiger partial charge in [0.25, 0.3) is 5.91 Å². The molecule has 2 aromatic carbocycles. The molecule has 0 atom stereocenters. The van der Waals surface area contributed by atoms with Gasteiger partial charge in [0.15, 0.2) is 6.61 Å². The third-order valence-electron chi connectivity index (χ3n) is 3.46. The topological polar surface area (TPSA) is 51.2 Å². The first-order valence-electron chi connectivity index (χ1n) is 7.47. The summed E-state index contributed by atoms with van der Waals surface area (Å²) in [5.74, 6) is 0.998. The maximum absolute atomic E-state index is 12.0. The van der Waals surface area contributed by atoms with E-state index in [0.29, 0.717) is 11.6 Å². The molecule has 3 rings (SSSR count). The third kappa shape index (κ3) is 3.86. The number of pyridine rings is 1. The largest absolute Gasteiger partial charge is 0.484 e. The minimum Gasteiger partial charge on any atom is -0.484 e. The number of hydrogen-bond acceptors (Lipinski definition) is 3. The predicted molar refractivity (Wildman–Crippen MR) is 91.8 cm³/mol. The van der Waals surface area contributed by atoms with E-state index in [1.165, 1.54) is 0 Å². The van der Waals surface area contributed by atoms with Crippen LogP contribution in [0, 0.1) is 13.8 Å². The maximum atomic E-state index is 12.0. The first-order chi connectivity index (χ1) is 11.1. The van der Waals surface area contributed by atoms with Crippen molar-refractivity contribution in [3.63, 3.8) is 0 Å². The Morgan fingerprint density at radius 2 is 1.83 bits per heavy atom. The molecule has 1 aromatic heterocycles. The highest BCUT2D eigenvalue weighted by atomic mass is 16.5. The molecule has 0 aliphatic rings. The average molecular weight is 306 g/mol. The number of rotatable bonds is 4. The van der Waals surface area contributed by atoms with E-state index in [1.807, 2.05) is 68.4 Å². The molecule has 0 saturated carbocycles. The summed E-state index contributed by atoms with van der Waals surface area (Å²) in [4.78, 5) is 16.3. The van der Waals surface area contributed by atoms with E-state index in [0.717, 1.165) is 22.0 Å². The van der Waals surface area contributed by atoms with Gasteiger partial charge in [-0.15, -0.1) is 0 Å². The van der Waals surface area contributed by atoms with Gasteiger partial charge in [-0.25, -0.2) is 4.98 Å². The molecule has 0 aliphatic carbocycles. The minimum atomic E-state index is -0.226. The van der Waals surface area contributed by atoms with Crippen molar-refractivity contribution in [3.8, 4) is 5.75 Å². The second-order valence-electron chi connectivity index (χ2n) is 5.52. The van der Waals surface area contributed by atoms with Crippen molar-refractivity contribution in [3.05, 3.63) is 65.9 Å². The molecule has 0 fully saturated rings. The summed E-state index contributed by atoms with van der Waals surface area (Å²) >= 11 is 0. The average Bonchev–Trinajstić information content (AvgIpc) is 2.52. The van der Waals surface area contributed by atoms with Gasteiger partial charge in [0, 0.05) is 5.69 Å². The van der Waals surface area contributed by atoms with E-state index in [9.17, 15) is 4.79 Å². The van der Waals surface area contributed by atoms with Crippen molar-refractivity contribution in [1.29, 1.82) is 0 Å². The lowest BCUT2D eigenvalue weighted by molar-refractivity contribution is -0.118. The lowest BCUT2D eigenvalue weighted by Gasteiger charge is -2.09. The van der Waals surface area contributed by atoms with Gasteiger partial charge in [-0.1, -0.05) is 30.3 Å². The third-order valence-corrected chi connectivity index (χ3v) is 3.46. The highest BCUT2D eigenvalue weighted by Crippen LogP contribution is 2.20. The zero-order valence-corrected chi connectivity index (χ0v) is 13.2. The van der Waals surface area contributed by atoms with E-state index in [2.05, 4.69) is 10.3 Å². The van der Waals surface area contributed by atoms with Gasteiger partial charge >= 0.3 is 0 Å². The first-order valence-corrected chi connectivity index (χ1v) is 7.47. The van der Waals surface area contributed by atoms with Crippen LogP contribution in [0.3, 0.4) is 0 Å². The zero-order valence-electron chi connectivity index (χ0n) is 13.2. The molecule has 0 aliphatic heterocycles. The number of nitrogens with one attached hydrogen (secondary N) is 1. The summed E-state index contributed by atoms with van der Waals surface area (Å²) in [6.45, 7) is 3.82. The number of aromatic nitrogens is 1. The molecule has 4 nitrogen and oxygen atoms in total. The lowest BCUT2D eigenvalue weighted by Crippen LogP contribution is -2.21. The summed E-state index contributed by atoms with van der Waals surface area (Å²) in [6, 6.07) is 17.6. The fraction of sp³-hybridized carbons (Fsp3) is 0.158. The summed E-state index contributed by atoms with van der Waals surface area (Å²) in [6.07, 6.45) is 0. The Hall–Kier alpha value is -2.88. The van der Waals surface area contributed by atoms with Crippen molar-refractivity contribution in [2.45, 2.75) is 13.8 Å². The van der Waals surface area contributed by atoms with Crippen LogP contribution >= 0.6 is 0 Å². The Balaban J connectivity index is 1.63. The molecular weight excluding hydrogens is 288 g/mol. The summed E-state index contributed by atoms with van der Waals surface area (Å²) < 4.78 is 5.57. The summed E-state index contributed by atoms with van der Waals surface area (Å²) in [5, 5.41) is 4.98. The van der Waals surface area contributed by atoms with E-state index < -0.39 is 0 Å². The molecule has 0 radical (unpaired) electrons. The smallest absolute Gasteiger partial charge is 0.263 e. The Labute approximate surface area is 135 Å². The number of carbonyl (C=O) groups is 1. The molecule has 116 valence electrons. The molecule has 1 amide bonds. The number of ether oxygens (including phenoxy) is 1. The van der Waals surface area contributed by atoms with Crippen molar-refractivity contribution >= 4 is 22.5 Å². The van der Waals surface area contributed by atoms with E-state index in [1.54, 1.807) is 0 Å². The van der Waals surface area contributed by atoms with E-state index in [-0.39, 0.29) is 12.5 Å². The van der Waals surface area contributed by atoms with Crippen LogP contribution in [0.5, 0.6) is 5.75 Å². The summed E-state index contributed by atoms with van der Waals surface area (Å²) in [7, 11) is 0. The monoisotopic (exact) mass is 306 g/mol.